The van der Waals surface area contributed by atoms with E-state index in [0.29, 0.717) is 25.0 Å². The summed E-state index contributed by atoms with van der Waals surface area (Å²) in [7, 11) is 0. The lowest BCUT2D eigenvalue weighted by Crippen LogP contribution is -2.24. The predicted octanol–water partition coefficient (Wildman–Crippen LogP) is 3.42. The van der Waals surface area contributed by atoms with Gasteiger partial charge in [0.15, 0.2) is 12.0 Å². The molecule has 0 fully saturated rings. The Balaban J connectivity index is 1.64. The number of aldehydes is 1. The van der Waals surface area contributed by atoms with Gasteiger partial charge in [-0.2, -0.15) is 0 Å². The Hall–Kier alpha value is -2.82. The quantitative estimate of drug-likeness (QED) is 0.628. The van der Waals surface area contributed by atoms with Crippen molar-refractivity contribution < 1.29 is 18.7 Å². The van der Waals surface area contributed by atoms with Gasteiger partial charge in [-0.25, -0.2) is 4.79 Å². The maximum atomic E-state index is 11.5. The third kappa shape index (κ3) is 4.94. The van der Waals surface area contributed by atoms with Crippen LogP contribution >= 0.6 is 0 Å². The molecule has 5 nitrogen and oxygen atoms in total. The second kappa shape index (κ2) is 8.46. The minimum Gasteiger partial charge on any atom is -0.461 e. The van der Waals surface area contributed by atoms with Gasteiger partial charge in [-0.15, -0.1) is 0 Å². The van der Waals surface area contributed by atoms with E-state index in [-0.39, 0.29) is 6.61 Å². The topological polar surface area (TPSA) is 68.5 Å². The molecule has 1 aromatic carbocycles. The average molecular weight is 299 g/mol. The van der Waals surface area contributed by atoms with Crippen LogP contribution in [0.2, 0.25) is 0 Å². The summed E-state index contributed by atoms with van der Waals surface area (Å²) < 4.78 is 10.1. The van der Waals surface area contributed by atoms with Gasteiger partial charge in [-0.1, -0.05) is 42.5 Å². The minimum absolute atomic E-state index is 0.250. The fourth-order valence-electron chi connectivity index (χ4n) is 1.81. The Morgan fingerprint density at radius 2 is 2.05 bits per heavy atom. The number of nitrogens with one attached hydrogen (secondary N) is 1. The molecule has 1 amide bonds. The molecule has 0 bridgehead atoms. The summed E-state index contributed by atoms with van der Waals surface area (Å²) in [4.78, 5) is 22.1. The lowest BCUT2D eigenvalue weighted by Gasteiger charge is -2.05. The molecule has 0 saturated heterocycles. The number of benzene rings is 1. The zero-order chi connectivity index (χ0) is 15.6. The molecule has 0 radical (unpaired) electrons. The molecule has 0 spiro atoms. The van der Waals surface area contributed by atoms with Crippen molar-refractivity contribution in [3.8, 4) is 0 Å². The highest BCUT2D eigenvalue weighted by Gasteiger charge is 2.02. The SMILES string of the molecule is O=Cc1occc1C=CCCNC(=O)OCc1ccccc1. The molecule has 2 aromatic rings. The van der Waals surface area contributed by atoms with Crippen molar-refractivity contribution in [1.29, 1.82) is 0 Å². The summed E-state index contributed by atoms with van der Waals surface area (Å²) in [5.74, 6) is 0.298. The molecule has 1 aromatic heterocycles. The lowest BCUT2D eigenvalue weighted by molar-refractivity contribution is 0.110. The van der Waals surface area contributed by atoms with Crippen LogP contribution in [0.4, 0.5) is 4.79 Å². The van der Waals surface area contributed by atoms with E-state index in [0.717, 1.165) is 11.1 Å². The van der Waals surface area contributed by atoms with Crippen LogP contribution in [0.15, 0.2) is 53.2 Å². The molecule has 0 saturated carbocycles. The Bertz CT molecular complexity index is 631. The molecule has 1 heterocycles. The zero-order valence-electron chi connectivity index (χ0n) is 12.0. The third-order valence-corrected chi connectivity index (χ3v) is 2.92. The molecular formula is C17H17NO4. The molecule has 0 atom stereocenters. The highest BCUT2D eigenvalue weighted by Crippen LogP contribution is 2.10. The third-order valence-electron chi connectivity index (χ3n) is 2.92. The second-order valence-corrected chi connectivity index (χ2v) is 4.54. The molecule has 22 heavy (non-hydrogen) atoms. The van der Waals surface area contributed by atoms with Crippen molar-refractivity contribution in [3.05, 3.63) is 65.6 Å². The Kier molecular flexibility index (Phi) is 5.99. The van der Waals surface area contributed by atoms with Crippen molar-refractivity contribution in [3.63, 3.8) is 0 Å². The maximum Gasteiger partial charge on any atom is 0.407 e. The first kappa shape index (κ1) is 15.6. The summed E-state index contributed by atoms with van der Waals surface area (Å²) in [6, 6.07) is 11.2. The van der Waals surface area contributed by atoms with Gasteiger partial charge in [0.25, 0.3) is 0 Å². The fourth-order valence-corrected chi connectivity index (χ4v) is 1.81. The van der Waals surface area contributed by atoms with Crippen LogP contribution in [0.3, 0.4) is 0 Å². The van der Waals surface area contributed by atoms with E-state index >= 15 is 0 Å². The van der Waals surface area contributed by atoms with Crippen LogP contribution in [0.25, 0.3) is 6.08 Å². The van der Waals surface area contributed by atoms with Crippen LogP contribution in [0.5, 0.6) is 0 Å². The smallest absolute Gasteiger partial charge is 0.407 e. The van der Waals surface area contributed by atoms with Crippen molar-refractivity contribution in [2.75, 3.05) is 6.54 Å². The first-order valence-electron chi connectivity index (χ1n) is 6.93. The van der Waals surface area contributed by atoms with Gasteiger partial charge in [0.1, 0.15) is 6.61 Å². The first-order chi connectivity index (χ1) is 10.8. The van der Waals surface area contributed by atoms with Crippen LogP contribution in [-0.4, -0.2) is 18.9 Å². The van der Waals surface area contributed by atoms with E-state index in [1.807, 2.05) is 36.4 Å². The number of rotatable bonds is 7. The zero-order valence-corrected chi connectivity index (χ0v) is 12.0. The van der Waals surface area contributed by atoms with E-state index in [1.165, 1.54) is 6.26 Å². The van der Waals surface area contributed by atoms with Crippen molar-refractivity contribution >= 4 is 18.5 Å². The first-order valence-corrected chi connectivity index (χ1v) is 6.93. The summed E-state index contributed by atoms with van der Waals surface area (Å²) in [5.41, 5.74) is 1.67. The van der Waals surface area contributed by atoms with E-state index < -0.39 is 6.09 Å². The number of carbonyl (C=O) groups is 2. The van der Waals surface area contributed by atoms with Crippen LogP contribution in [0.1, 0.15) is 28.1 Å². The lowest BCUT2D eigenvalue weighted by atomic mass is 10.2. The normalized spacial score (nSPS) is 10.5. The van der Waals surface area contributed by atoms with Gasteiger partial charge in [0.05, 0.1) is 6.26 Å². The molecular weight excluding hydrogens is 282 g/mol. The van der Waals surface area contributed by atoms with Gasteiger partial charge in [-0.3, -0.25) is 4.79 Å². The van der Waals surface area contributed by atoms with Gasteiger partial charge in [0, 0.05) is 12.1 Å². The molecule has 1 N–H and O–H groups in total. The van der Waals surface area contributed by atoms with Gasteiger partial charge in [-0.05, 0) is 18.1 Å². The number of ether oxygens (including phenoxy) is 1. The molecule has 5 heteroatoms. The summed E-state index contributed by atoms with van der Waals surface area (Å²) in [6.45, 7) is 0.707. The van der Waals surface area contributed by atoms with Crippen LogP contribution in [0, 0.1) is 0 Å². The van der Waals surface area contributed by atoms with Gasteiger partial charge in [0.2, 0.25) is 0 Å². The van der Waals surface area contributed by atoms with E-state index in [9.17, 15) is 9.59 Å². The Morgan fingerprint density at radius 1 is 1.23 bits per heavy atom. The number of alkyl carbamates (subject to hydrolysis) is 1. The monoisotopic (exact) mass is 299 g/mol. The molecule has 0 aliphatic rings. The van der Waals surface area contributed by atoms with Gasteiger partial charge < -0.3 is 14.5 Å². The predicted molar refractivity (Wildman–Crippen MR) is 82.4 cm³/mol. The molecule has 114 valence electrons. The minimum atomic E-state index is -0.450. The summed E-state index contributed by atoms with van der Waals surface area (Å²) >= 11 is 0. The highest BCUT2D eigenvalue weighted by molar-refractivity contribution is 5.77. The standard InChI is InChI=1S/C17H17NO4/c19-12-16-15(9-11-21-16)8-4-5-10-18-17(20)22-13-14-6-2-1-3-7-14/h1-4,6-9,11-12H,5,10,13H2,(H,18,20). The van der Waals surface area contributed by atoms with E-state index in [1.54, 1.807) is 12.1 Å². The van der Waals surface area contributed by atoms with Crippen molar-refractivity contribution in [2.45, 2.75) is 13.0 Å². The maximum absolute atomic E-state index is 11.5. The van der Waals surface area contributed by atoms with E-state index in [4.69, 9.17) is 9.15 Å². The Labute approximate surface area is 128 Å². The average Bonchev–Trinajstić information content (AvgIpc) is 3.01. The van der Waals surface area contributed by atoms with E-state index in [2.05, 4.69) is 5.32 Å². The number of hydrogen-bond acceptors (Lipinski definition) is 4. The molecule has 0 aliphatic carbocycles. The van der Waals surface area contributed by atoms with Gasteiger partial charge >= 0.3 is 6.09 Å². The van der Waals surface area contributed by atoms with Crippen LogP contribution < -0.4 is 5.32 Å². The fraction of sp³-hybridized carbons (Fsp3) is 0.176. The number of carbonyl (C=O) groups excluding carboxylic acids is 2. The second-order valence-electron chi connectivity index (χ2n) is 4.54. The summed E-state index contributed by atoms with van der Waals surface area (Å²) in [5, 5.41) is 2.66. The largest absolute Gasteiger partial charge is 0.461 e. The Morgan fingerprint density at radius 3 is 2.82 bits per heavy atom. The summed E-state index contributed by atoms with van der Waals surface area (Å²) in [6.07, 6.45) is 5.94. The molecule has 2 rings (SSSR count). The van der Waals surface area contributed by atoms with Crippen molar-refractivity contribution in [2.24, 2.45) is 0 Å². The van der Waals surface area contributed by atoms with Crippen LogP contribution in [-0.2, 0) is 11.3 Å². The number of furan rings is 1. The molecule has 0 unspecified atom stereocenters. The number of hydrogen-bond donors (Lipinski definition) is 1. The number of amides is 1. The highest BCUT2D eigenvalue weighted by atomic mass is 16.5. The van der Waals surface area contributed by atoms with Crippen molar-refractivity contribution in [1.82, 2.24) is 5.32 Å². The molecule has 0 aliphatic heterocycles.